The number of halogens is 5. The van der Waals surface area contributed by atoms with Gasteiger partial charge in [-0.2, -0.15) is 0 Å². The minimum Gasteiger partial charge on any atom is -0.464 e. The summed E-state index contributed by atoms with van der Waals surface area (Å²) in [7, 11) is 1.43. The summed E-state index contributed by atoms with van der Waals surface area (Å²) in [5.41, 5.74) is -2.20. The number of imidazole rings is 1. The molecule has 208 valence electrons. The van der Waals surface area contributed by atoms with Crippen molar-refractivity contribution in [3.8, 4) is 5.75 Å². The van der Waals surface area contributed by atoms with Crippen molar-refractivity contribution in [1.82, 2.24) is 14.5 Å². The maximum atomic E-state index is 14.0. The van der Waals surface area contributed by atoms with Crippen molar-refractivity contribution < 1.29 is 50.9 Å². The van der Waals surface area contributed by atoms with Crippen LogP contribution >= 0.6 is 0 Å². The predicted octanol–water partition coefficient (Wildman–Crippen LogP) is 5.32. The smallest absolute Gasteiger partial charge is 0.417 e. The standard InChI is InChI=1S/C25H22F5N3O6/c1-25(2,3)39-24(37)32(4)11-14(21-31-9-10-33(21)23(35)36)12-5-7-13(8-6-12)38-22(34)15-16(26)18(28)20(30)19(29)17(15)27/h5-10,14H,11H2,1-4H3,(H,35,36). The molecule has 9 nitrogen and oxygen atoms in total. The Labute approximate surface area is 218 Å². The molecule has 1 N–H and O–H groups in total. The molecule has 1 amide bonds. The van der Waals surface area contributed by atoms with Gasteiger partial charge in [0.25, 0.3) is 0 Å². The van der Waals surface area contributed by atoms with Crippen molar-refractivity contribution >= 4 is 18.2 Å². The molecule has 1 aromatic heterocycles. The molecule has 2 aromatic carbocycles. The van der Waals surface area contributed by atoms with Gasteiger partial charge < -0.3 is 19.5 Å². The fourth-order valence-corrected chi connectivity index (χ4v) is 3.47. The molecule has 1 unspecified atom stereocenters. The van der Waals surface area contributed by atoms with Gasteiger partial charge in [-0.3, -0.25) is 0 Å². The highest BCUT2D eigenvalue weighted by Gasteiger charge is 2.31. The van der Waals surface area contributed by atoms with E-state index in [4.69, 9.17) is 9.47 Å². The van der Waals surface area contributed by atoms with Crippen LogP contribution in [0.1, 0.15) is 48.4 Å². The molecule has 14 heteroatoms. The lowest BCUT2D eigenvalue weighted by molar-refractivity contribution is 0.0292. The fourth-order valence-electron chi connectivity index (χ4n) is 3.47. The molecule has 0 bridgehead atoms. The average Bonchev–Trinajstić information content (AvgIpc) is 3.34. The number of nitrogens with zero attached hydrogens (tertiary/aromatic N) is 3. The Hall–Kier alpha value is -4.49. The molecule has 1 heterocycles. The number of benzene rings is 2. The molecule has 39 heavy (non-hydrogen) atoms. The molecule has 0 radical (unpaired) electrons. The summed E-state index contributed by atoms with van der Waals surface area (Å²) in [6.45, 7) is 4.89. The van der Waals surface area contributed by atoms with Gasteiger partial charge in [-0.05, 0) is 38.5 Å². The van der Waals surface area contributed by atoms with Gasteiger partial charge in [-0.15, -0.1) is 0 Å². The molecule has 0 aliphatic carbocycles. The first-order chi connectivity index (χ1) is 18.1. The van der Waals surface area contributed by atoms with E-state index >= 15 is 0 Å². The van der Waals surface area contributed by atoms with Gasteiger partial charge in [0.15, 0.2) is 23.3 Å². The van der Waals surface area contributed by atoms with Crippen molar-refractivity contribution in [3.63, 3.8) is 0 Å². The van der Waals surface area contributed by atoms with Crippen LogP contribution in [0.3, 0.4) is 0 Å². The van der Waals surface area contributed by atoms with E-state index in [1.165, 1.54) is 36.5 Å². The molecule has 0 saturated carbocycles. The Morgan fingerprint density at radius 3 is 2.03 bits per heavy atom. The van der Waals surface area contributed by atoms with Crippen molar-refractivity contribution in [1.29, 1.82) is 0 Å². The third-order valence-electron chi connectivity index (χ3n) is 5.26. The number of aromatic nitrogens is 2. The van der Waals surface area contributed by atoms with Crippen LogP contribution in [0.2, 0.25) is 0 Å². The zero-order valence-electron chi connectivity index (χ0n) is 21.0. The predicted molar refractivity (Wildman–Crippen MR) is 124 cm³/mol. The lowest BCUT2D eigenvalue weighted by Crippen LogP contribution is -2.37. The van der Waals surface area contributed by atoms with Gasteiger partial charge in [0.05, 0.1) is 5.92 Å². The minimum atomic E-state index is -2.42. The van der Waals surface area contributed by atoms with Crippen LogP contribution in [-0.4, -0.2) is 56.9 Å². The number of ether oxygens (including phenoxy) is 2. The van der Waals surface area contributed by atoms with Crippen molar-refractivity contribution in [2.45, 2.75) is 32.3 Å². The number of amides is 1. The van der Waals surface area contributed by atoms with E-state index < -0.39 is 64.3 Å². The molecule has 0 aliphatic heterocycles. The van der Waals surface area contributed by atoms with E-state index in [-0.39, 0.29) is 18.1 Å². The average molecular weight is 555 g/mol. The number of likely N-dealkylation sites (N-methyl/N-ethyl adjacent to an activating group) is 1. The van der Waals surface area contributed by atoms with E-state index in [1.54, 1.807) is 20.8 Å². The van der Waals surface area contributed by atoms with Crippen LogP contribution in [-0.2, 0) is 4.74 Å². The van der Waals surface area contributed by atoms with E-state index in [0.29, 0.717) is 5.56 Å². The zero-order chi connectivity index (χ0) is 29.2. The van der Waals surface area contributed by atoms with Crippen LogP contribution in [0.25, 0.3) is 0 Å². The zero-order valence-corrected chi connectivity index (χ0v) is 21.0. The van der Waals surface area contributed by atoms with E-state index in [1.807, 2.05) is 0 Å². The maximum absolute atomic E-state index is 14.0. The highest BCUT2D eigenvalue weighted by Crippen LogP contribution is 2.29. The lowest BCUT2D eigenvalue weighted by atomic mass is 9.97. The van der Waals surface area contributed by atoms with Crippen LogP contribution in [0, 0.1) is 29.1 Å². The normalized spacial score (nSPS) is 12.1. The van der Waals surface area contributed by atoms with Crippen LogP contribution < -0.4 is 4.74 Å². The highest BCUT2D eigenvalue weighted by molar-refractivity contribution is 5.91. The summed E-state index contributed by atoms with van der Waals surface area (Å²) < 4.78 is 79.1. The number of carboxylic acid groups (broad SMARTS) is 1. The molecule has 3 rings (SSSR count). The first-order valence-corrected chi connectivity index (χ1v) is 11.2. The van der Waals surface area contributed by atoms with E-state index in [0.717, 1.165) is 16.7 Å². The SMILES string of the molecule is CN(CC(c1ccc(OC(=O)c2c(F)c(F)c(F)c(F)c2F)cc1)c1nccn1C(=O)O)C(=O)OC(C)(C)C. The molecular formula is C25H22F5N3O6. The number of carbonyl (C=O) groups excluding carboxylic acids is 2. The Kier molecular flexibility index (Phi) is 8.27. The topological polar surface area (TPSA) is 111 Å². The number of rotatable bonds is 6. The highest BCUT2D eigenvalue weighted by atomic mass is 19.2. The van der Waals surface area contributed by atoms with Crippen LogP contribution in [0.15, 0.2) is 36.7 Å². The third-order valence-corrected chi connectivity index (χ3v) is 5.26. The third kappa shape index (κ3) is 6.33. The largest absolute Gasteiger partial charge is 0.464 e. The van der Waals surface area contributed by atoms with Gasteiger partial charge in [0.1, 0.15) is 22.7 Å². The Bertz CT molecular complexity index is 1390. The maximum Gasteiger partial charge on any atom is 0.417 e. The molecular weight excluding hydrogens is 533 g/mol. The van der Waals surface area contributed by atoms with Gasteiger partial charge >= 0.3 is 18.2 Å². The lowest BCUT2D eigenvalue weighted by Gasteiger charge is -2.27. The minimum absolute atomic E-state index is 0.0315. The molecule has 1 atom stereocenters. The summed E-state index contributed by atoms with van der Waals surface area (Å²) in [4.78, 5) is 41.7. The Morgan fingerprint density at radius 1 is 0.974 bits per heavy atom. The summed E-state index contributed by atoms with van der Waals surface area (Å²) in [6.07, 6.45) is 0.387. The molecule has 0 aliphatic rings. The Balaban J connectivity index is 1.92. The van der Waals surface area contributed by atoms with Crippen molar-refractivity contribution in [2.24, 2.45) is 0 Å². The molecule has 0 fully saturated rings. The molecule has 3 aromatic rings. The first kappa shape index (κ1) is 29.1. The van der Waals surface area contributed by atoms with Crippen molar-refractivity contribution in [2.75, 3.05) is 13.6 Å². The number of hydrogen-bond donors (Lipinski definition) is 1. The summed E-state index contributed by atoms with van der Waals surface area (Å²) in [5, 5.41) is 9.52. The monoisotopic (exact) mass is 555 g/mol. The summed E-state index contributed by atoms with van der Waals surface area (Å²) >= 11 is 0. The van der Waals surface area contributed by atoms with Gasteiger partial charge in [0.2, 0.25) is 5.82 Å². The quantitative estimate of drug-likeness (QED) is 0.144. The Morgan fingerprint density at radius 2 is 1.51 bits per heavy atom. The van der Waals surface area contributed by atoms with E-state index in [9.17, 15) is 41.4 Å². The second kappa shape index (κ2) is 11.1. The molecule has 0 saturated heterocycles. The van der Waals surface area contributed by atoms with Gasteiger partial charge in [0, 0.05) is 26.0 Å². The van der Waals surface area contributed by atoms with Gasteiger partial charge in [-0.25, -0.2) is 45.9 Å². The first-order valence-electron chi connectivity index (χ1n) is 11.2. The second-order valence-electron chi connectivity index (χ2n) is 9.25. The molecule has 0 spiro atoms. The fraction of sp³-hybridized carbons (Fsp3) is 0.280. The van der Waals surface area contributed by atoms with Crippen molar-refractivity contribution in [3.05, 3.63) is 82.7 Å². The second-order valence-corrected chi connectivity index (χ2v) is 9.25. The van der Waals surface area contributed by atoms with E-state index in [2.05, 4.69) is 4.98 Å². The number of hydrogen-bond acceptors (Lipinski definition) is 6. The summed E-state index contributed by atoms with van der Waals surface area (Å²) in [5.74, 6) is -14.7. The number of esters is 1. The summed E-state index contributed by atoms with van der Waals surface area (Å²) in [6, 6.07) is 4.98. The number of carbonyl (C=O) groups is 3. The van der Waals surface area contributed by atoms with Crippen LogP contribution in [0.5, 0.6) is 5.75 Å². The van der Waals surface area contributed by atoms with Gasteiger partial charge in [-0.1, -0.05) is 12.1 Å². The van der Waals surface area contributed by atoms with Crippen LogP contribution in [0.4, 0.5) is 31.5 Å².